The fourth-order valence-corrected chi connectivity index (χ4v) is 4.59. The van der Waals surface area contributed by atoms with E-state index in [1.165, 1.54) is 51.4 Å². The average molecular weight is 575 g/mol. The topological polar surface area (TPSA) is 108 Å². The molecule has 0 spiro atoms. The molecular formula is C30H59N2O6P. The van der Waals surface area contributed by atoms with E-state index in [1.54, 1.807) is 6.08 Å². The van der Waals surface area contributed by atoms with Gasteiger partial charge >= 0.3 is 0 Å². The van der Waals surface area contributed by atoms with Crippen LogP contribution < -0.4 is 10.2 Å². The molecule has 0 bridgehead atoms. The molecule has 39 heavy (non-hydrogen) atoms. The Bertz CT molecular complexity index is 708. The van der Waals surface area contributed by atoms with Crippen LogP contribution in [-0.4, -0.2) is 68.5 Å². The number of nitrogens with one attached hydrogen (secondary N) is 1. The highest BCUT2D eigenvalue weighted by Gasteiger charge is 2.23. The minimum Gasteiger partial charge on any atom is -0.756 e. The summed E-state index contributed by atoms with van der Waals surface area (Å²) in [5.74, 6) is -0.220. The van der Waals surface area contributed by atoms with Crippen molar-refractivity contribution >= 4 is 13.7 Å². The number of rotatable bonds is 26. The van der Waals surface area contributed by atoms with Crippen LogP contribution in [0.2, 0.25) is 0 Å². The zero-order valence-corrected chi connectivity index (χ0v) is 26.5. The number of phosphoric acid groups is 1. The van der Waals surface area contributed by atoms with Crippen molar-refractivity contribution in [1.82, 2.24) is 5.32 Å². The molecule has 0 saturated carbocycles. The lowest BCUT2D eigenvalue weighted by atomic mass is 10.1. The minimum atomic E-state index is -4.57. The zero-order valence-electron chi connectivity index (χ0n) is 25.6. The van der Waals surface area contributed by atoms with Crippen molar-refractivity contribution in [3.63, 3.8) is 0 Å². The summed E-state index contributed by atoms with van der Waals surface area (Å²) >= 11 is 0. The number of amides is 1. The van der Waals surface area contributed by atoms with Gasteiger partial charge in [0, 0.05) is 6.42 Å². The number of unbranched alkanes of at least 4 members (excludes halogenated alkanes) is 11. The van der Waals surface area contributed by atoms with Crippen LogP contribution in [0.15, 0.2) is 24.3 Å². The molecule has 1 amide bonds. The predicted molar refractivity (Wildman–Crippen MR) is 159 cm³/mol. The molecule has 0 aliphatic carbocycles. The Hall–Kier alpha value is -1.02. The fraction of sp³-hybridized carbons (Fsp3) is 0.833. The molecule has 0 rings (SSSR count). The normalized spacial score (nSPS) is 15.6. The zero-order chi connectivity index (χ0) is 29.4. The van der Waals surface area contributed by atoms with Gasteiger partial charge < -0.3 is 28.8 Å². The highest BCUT2D eigenvalue weighted by atomic mass is 31.2. The summed E-state index contributed by atoms with van der Waals surface area (Å²) in [6.45, 7) is 4.48. The molecule has 0 saturated heterocycles. The first-order valence-corrected chi connectivity index (χ1v) is 16.7. The smallest absolute Gasteiger partial charge is 0.268 e. The van der Waals surface area contributed by atoms with E-state index in [0.29, 0.717) is 17.4 Å². The number of carbonyl (C=O) groups is 1. The molecule has 9 heteroatoms. The molecule has 0 aliphatic heterocycles. The van der Waals surface area contributed by atoms with Crippen LogP contribution in [0.5, 0.6) is 0 Å². The van der Waals surface area contributed by atoms with E-state index in [0.717, 1.165) is 38.5 Å². The van der Waals surface area contributed by atoms with E-state index >= 15 is 0 Å². The van der Waals surface area contributed by atoms with Gasteiger partial charge in [0.05, 0.1) is 39.9 Å². The number of phosphoric ester groups is 1. The van der Waals surface area contributed by atoms with Crippen molar-refractivity contribution < 1.29 is 32.9 Å². The van der Waals surface area contributed by atoms with Crippen LogP contribution in [0.1, 0.15) is 110 Å². The van der Waals surface area contributed by atoms with Gasteiger partial charge in [0.1, 0.15) is 13.2 Å². The Morgan fingerprint density at radius 2 is 1.44 bits per heavy atom. The molecule has 2 N–H and O–H groups in total. The summed E-state index contributed by atoms with van der Waals surface area (Å²) in [5, 5.41) is 13.5. The van der Waals surface area contributed by atoms with Gasteiger partial charge in [-0.1, -0.05) is 95.9 Å². The second-order valence-electron chi connectivity index (χ2n) is 11.5. The predicted octanol–water partition coefficient (Wildman–Crippen LogP) is 6.04. The second kappa shape index (κ2) is 23.7. The van der Waals surface area contributed by atoms with Crippen molar-refractivity contribution in [1.29, 1.82) is 0 Å². The second-order valence-corrected chi connectivity index (χ2v) is 12.9. The van der Waals surface area contributed by atoms with Crippen molar-refractivity contribution in [3.05, 3.63) is 24.3 Å². The Morgan fingerprint density at radius 3 is 2.08 bits per heavy atom. The van der Waals surface area contributed by atoms with Crippen molar-refractivity contribution in [2.24, 2.45) is 0 Å². The standard InChI is InChI=1S/C30H59N2O6P/c1-6-8-10-12-14-15-16-18-19-21-23-29(33)28(27-38-39(35,36)37-26-25-32(3,4)5)31-30(34)24-22-20-17-13-11-9-7-2/h15-16,21,23,28-29,33H,6-14,17-20,22,24-27H2,1-5H3,(H-,31,34,35,36)/b16-15+,23-21+. The number of nitrogens with zero attached hydrogens (tertiary/aromatic N) is 1. The average Bonchev–Trinajstić information content (AvgIpc) is 2.86. The molecule has 0 aromatic rings. The molecule has 0 radical (unpaired) electrons. The maximum atomic E-state index is 12.6. The van der Waals surface area contributed by atoms with Crippen LogP contribution in [0.3, 0.4) is 0 Å². The largest absolute Gasteiger partial charge is 0.756 e. The quantitative estimate of drug-likeness (QED) is 0.0564. The fourth-order valence-electron chi connectivity index (χ4n) is 3.87. The first-order chi connectivity index (χ1) is 18.5. The van der Waals surface area contributed by atoms with E-state index in [2.05, 4.69) is 31.3 Å². The van der Waals surface area contributed by atoms with Crippen LogP contribution in [0.25, 0.3) is 0 Å². The Kier molecular flexibility index (Phi) is 23.0. The number of allylic oxidation sites excluding steroid dienone is 3. The summed E-state index contributed by atoms with van der Waals surface area (Å²) < 4.78 is 22.8. The van der Waals surface area contributed by atoms with Gasteiger partial charge in [0.2, 0.25) is 5.91 Å². The number of hydrogen-bond donors (Lipinski definition) is 2. The monoisotopic (exact) mass is 574 g/mol. The summed E-state index contributed by atoms with van der Waals surface area (Å²) in [6, 6.07) is -0.892. The number of hydrogen-bond acceptors (Lipinski definition) is 6. The lowest BCUT2D eigenvalue weighted by molar-refractivity contribution is -0.870. The van der Waals surface area contributed by atoms with Gasteiger partial charge in [-0.3, -0.25) is 9.36 Å². The molecule has 0 heterocycles. The van der Waals surface area contributed by atoms with Gasteiger partial charge in [0.15, 0.2) is 0 Å². The minimum absolute atomic E-state index is 0.00582. The van der Waals surface area contributed by atoms with Gasteiger partial charge in [-0.2, -0.15) is 0 Å². The van der Waals surface area contributed by atoms with Crippen LogP contribution in [0.4, 0.5) is 0 Å². The molecule has 0 aromatic carbocycles. The van der Waals surface area contributed by atoms with Crippen LogP contribution in [0, 0.1) is 0 Å². The van der Waals surface area contributed by atoms with E-state index in [9.17, 15) is 19.4 Å². The molecule has 0 aromatic heterocycles. The Morgan fingerprint density at radius 1 is 0.872 bits per heavy atom. The maximum absolute atomic E-state index is 12.6. The molecular weight excluding hydrogens is 515 g/mol. The number of carbonyl (C=O) groups excluding carboxylic acids is 1. The molecule has 0 fully saturated rings. The van der Waals surface area contributed by atoms with Crippen LogP contribution >= 0.6 is 7.82 Å². The lowest BCUT2D eigenvalue weighted by Crippen LogP contribution is -2.45. The van der Waals surface area contributed by atoms with Gasteiger partial charge in [-0.15, -0.1) is 0 Å². The van der Waals surface area contributed by atoms with Crippen molar-refractivity contribution in [2.45, 2.75) is 122 Å². The third-order valence-electron chi connectivity index (χ3n) is 6.41. The third kappa shape index (κ3) is 25.7. The number of aliphatic hydroxyl groups excluding tert-OH is 1. The number of quaternary nitrogens is 1. The first-order valence-electron chi connectivity index (χ1n) is 15.2. The Balaban J connectivity index is 4.76. The first kappa shape index (κ1) is 38.0. The summed E-state index contributed by atoms with van der Waals surface area (Å²) in [4.78, 5) is 24.8. The van der Waals surface area contributed by atoms with Crippen molar-refractivity contribution in [2.75, 3.05) is 40.9 Å². The molecule has 3 atom stereocenters. The Labute approximate surface area is 239 Å². The van der Waals surface area contributed by atoms with E-state index in [4.69, 9.17) is 9.05 Å². The summed E-state index contributed by atoms with van der Waals surface area (Å²) in [5.41, 5.74) is 0. The van der Waals surface area contributed by atoms with Crippen LogP contribution in [-0.2, 0) is 18.4 Å². The summed E-state index contributed by atoms with van der Waals surface area (Å²) in [7, 11) is 1.23. The van der Waals surface area contributed by atoms with Gasteiger partial charge in [-0.05, 0) is 32.1 Å². The van der Waals surface area contributed by atoms with Gasteiger partial charge in [0.25, 0.3) is 7.82 Å². The lowest BCUT2D eigenvalue weighted by Gasteiger charge is -2.29. The summed E-state index contributed by atoms with van der Waals surface area (Å²) in [6.07, 6.45) is 22.4. The van der Waals surface area contributed by atoms with Gasteiger partial charge in [-0.25, -0.2) is 0 Å². The SMILES string of the molecule is CCCCCC/C=C/CC/C=C/C(O)C(COP(=O)([O-])OCC[N+](C)(C)C)NC(=O)CCCCCCCCC. The molecule has 0 aliphatic rings. The molecule has 8 nitrogen and oxygen atoms in total. The number of likely N-dealkylation sites (N-methyl/N-ethyl adjacent to an activating group) is 1. The highest BCUT2D eigenvalue weighted by molar-refractivity contribution is 7.45. The highest BCUT2D eigenvalue weighted by Crippen LogP contribution is 2.38. The third-order valence-corrected chi connectivity index (χ3v) is 7.38. The number of aliphatic hydroxyl groups is 1. The maximum Gasteiger partial charge on any atom is 0.268 e. The molecule has 230 valence electrons. The van der Waals surface area contributed by atoms with E-state index < -0.39 is 26.6 Å². The van der Waals surface area contributed by atoms with E-state index in [1.807, 2.05) is 27.2 Å². The van der Waals surface area contributed by atoms with E-state index in [-0.39, 0.29) is 12.5 Å². The van der Waals surface area contributed by atoms with Crippen molar-refractivity contribution in [3.8, 4) is 0 Å². The molecule has 3 unspecified atom stereocenters.